The number of nitrogens with one attached hydrogen (secondary N) is 2. The number of carbonyl (C=O) groups excluding carboxylic acids is 1. The van der Waals surface area contributed by atoms with E-state index in [-0.39, 0.29) is 5.91 Å². The minimum atomic E-state index is -0.183. The zero-order valence-corrected chi connectivity index (χ0v) is 17.3. The van der Waals surface area contributed by atoms with Crippen LogP contribution in [0.5, 0.6) is 5.75 Å². The molecule has 0 aliphatic carbocycles. The summed E-state index contributed by atoms with van der Waals surface area (Å²) in [4.78, 5) is 12.7. The van der Waals surface area contributed by atoms with Crippen LogP contribution < -0.4 is 10.1 Å². The van der Waals surface area contributed by atoms with Gasteiger partial charge in [0.2, 0.25) is 0 Å². The lowest BCUT2D eigenvalue weighted by atomic mass is 10.0. The van der Waals surface area contributed by atoms with Crippen LogP contribution in [-0.2, 0) is 13.6 Å². The molecule has 2 aromatic heterocycles. The number of benzene rings is 3. The lowest BCUT2D eigenvalue weighted by molar-refractivity contribution is 0.0946. The summed E-state index contributed by atoms with van der Waals surface area (Å²) in [6.07, 6.45) is 2.05. The van der Waals surface area contributed by atoms with Crippen molar-refractivity contribution in [3.8, 4) is 17.0 Å². The third-order valence-electron chi connectivity index (χ3n) is 5.58. The fourth-order valence-corrected chi connectivity index (χ4v) is 3.93. The number of hydrogen-bond donors (Lipinski definition) is 2. The van der Waals surface area contributed by atoms with E-state index in [1.165, 1.54) is 0 Å². The molecule has 31 heavy (non-hydrogen) atoms. The summed E-state index contributed by atoms with van der Waals surface area (Å²) in [7, 11) is 3.67. The Balaban J connectivity index is 1.34. The van der Waals surface area contributed by atoms with E-state index in [4.69, 9.17) is 4.74 Å². The molecule has 0 aliphatic heterocycles. The van der Waals surface area contributed by atoms with Gasteiger partial charge < -0.3 is 14.6 Å². The molecule has 154 valence electrons. The van der Waals surface area contributed by atoms with Crippen LogP contribution in [0.4, 0.5) is 0 Å². The molecule has 0 saturated heterocycles. The zero-order valence-electron chi connectivity index (χ0n) is 17.3. The normalized spacial score (nSPS) is 11.2. The number of amides is 1. The number of nitrogens with zero attached hydrogens (tertiary/aromatic N) is 2. The highest BCUT2D eigenvalue weighted by molar-refractivity contribution is 5.94. The average Bonchev–Trinajstić information content (AvgIpc) is 3.42. The molecule has 6 nitrogen and oxygen atoms in total. The standard InChI is InChI=1S/C25H22N4O2/c1-29-15-19(21-5-3-4-6-24(21)29)14-26-25(30)23-13-22(27-28-23)18-8-7-17-12-20(31-2)10-9-16(17)11-18/h3-13,15H,14H2,1-2H3,(H,26,30)(H,27,28). The van der Waals surface area contributed by atoms with Gasteiger partial charge in [-0.2, -0.15) is 5.10 Å². The van der Waals surface area contributed by atoms with Crippen LogP contribution in [0.15, 0.2) is 72.9 Å². The zero-order chi connectivity index (χ0) is 21.4. The summed E-state index contributed by atoms with van der Waals surface area (Å²) in [6.45, 7) is 0.451. The number of methoxy groups -OCH3 is 1. The second kappa shape index (κ2) is 7.65. The first-order chi connectivity index (χ1) is 15.1. The number of aryl methyl sites for hydroxylation is 1. The van der Waals surface area contributed by atoms with Crippen LogP contribution >= 0.6 is 0 Å². The lowest BCUT2D eigenvalue weighted by Crippen LogP contribution is -2.23. The number of carbonyl (C=O) groups is 1. The first-order valence-electron chi connectivity index (χ1n) is 10.1. The monoisotopic (exact) mass is 410 g/mol. The van der Waals surface area contributed by atoms with Gasteiger partial charge >= 0.3 is 0 Å². The molecule has 0 spiro atoms. The molecular weight excluding hydrogens is 388 g/mol. The van der Waals surface area contributed by atoms with Crippen molar-refractivity contribution in [1.82, 2.24) is 20.1 Å². The fourth-order valence-electron chi connectivity index (χ4n) is 3.93. The average molecular weight is 410 g/mol. The second-order valence-corrected chi connectivity index (χ2v) is 7.56. The van der Waals surface area contributed by atoms with Crippen LogP contribution in [0.2, 0.25) is 0 Å². The number of aromatic amines is 1. The third-order valence-corrected chi connectivity index (χ3v) is 5.58. The molecule has 2 heterocycles. The van der Waals surface area contributed by atoms with E-state index in [1.54, 1.807) is 13.2 Å². The van der Waals surface area contributed by atoms with E-state index in [9.17, 15) is 4.79 Å². The van der Waals surface area contributed by atoms with Crippen molar-refractivity contribution in [3.63, 3.8) is 0 Å². The Hall–Kier alpha value is -4.06. The van der Waals surface area contributed by atoms with Gasteiger partial charge in [-0.15, -0.1) is 0 Å². The van der Waals surface area contributed by atoms with Gasteiger partial charge in [-0.25, -0.2) is 0 Å². The van der Waals surface area contributed by atoms with Crippen LogP contribution in [-0.4, -0.2) is 27.8 Å². The highest BCUT2D eigenvalue weighted by atomic mass is 16.5. The topological polar surface area (TPSA) is 71.9 Å². The van der Waals surface area contributed by atoms with Gasteiger partial charge in [-0.05, 0) is 46.7 Å². The van der Waals surface area contributed by atoms with Crippen LogP contribution in [0.1, 0.15) is 16.1 Å². The van der Waals surface area contributed by atoms with E-state index in [0.717, 1.165) is 44.2 Å². The van der Waals surface area contributed by atoms with Crippen molar-refractivity contribution in [2.75, 3.05) is 7.11 Å². The summed E-state index contributed by atoms with van der Waals surface area (Å²) in [6, 6.07) is 22.0. The van der Waals surface area contributed by atoms with Crippen molar-refractivity contribution < 1.29 is 9.53 Å². The molecule has 6 heteroatoms. The molecule has 3 aromatic carbocycles. The Morgan fingerprint density at radius 1 is 1.06 bits per heavy atom. The number of hydrogen-bond acceptors (Lipinski definition) is 3. The van der Waals surface area contributed by atoms with E-state index in [1.807, 2.05) is 55.7 Å². The molecular formula is C25H22N4O2. The highest BCUT2D eigenvalue weighted by Gasteiger charge is 2.13. The molecule has 2 N–H and O–H groups in total. The molecule has 0 unspecified atom stereocenters. The summed E-state index contributed by atoms with van der Waals surface area (Å²) in [5.74, 6) is 0.641. The van der Waals surface area contributed by atoms with E-state index < -0.39 is 0 Å². The Kier molecular flexibility index (Phi) is 4.67. The largest absolute Gasteiger partial charge is 0.497 e. The number of aromatic nitrogens is 3. The number of H-pyrrole nitrogens is 1. The summed E-state index contributed by atoms with van der Waals surface area (Å²) in [5, 5.41) is 13.5. The Morgan fingerprint density at radius 3 is 2.74 bits per heavy atom. The Bertz CT molecular complexity index is 1410. The summed E-state index contributed by atoms with van der Waals surface area (Å²) >= 11 is 0. The molecule has 0 aliphatic rings. The van der Waals surface area contributed by atoms with Crippen LogP contribution in [0, 0.1) is 0 Å². The predicted octanol–water partition coefficient (Wildman–Crippen LogP) is 4.66. The molecule has 1 amide bonds. The fraction of sp³-hybridized carbons (Fsp3) is 0.120. The first kappa shape index (κ1) is 18.9. The highest BCUT2D eigenvalue weighted by Crippen LogP contribution is 2.26. The maximum Gasteiger partial charge on any atom is 0.269 e. The summed E-state index contributed by atoms with van der Waals surface area (Å²) < 4.78 is 7.35. The maximum absolute atomic E-state index is 12.7. The van der Waals surface area contributed by atoms with Gasteiger partial charge in [-0.1, -0.05) is 36.4 Å². The number of ether oxygens (including phenoxy) is 1. The molecule has 0 bridgehead atoms. The quantitative estimate of drug-likeness (QED) is 0.443. The first-order valence-corrected chi connectivity index (χ1v) is 10.1. The lowest BCUT2D eigenvalue weighted by Gasteiger charge is -2.04. The van der Waals surface area contributed by atoms with Crippen molar-refractivity contribution in [2.45, 2.75) is 6.54 Å². The molecule has 0 saturated carbocycles. The van der Waals surface area contributed by atoms with E-state index in [2.05, 4.69) is 38.3 Å². The third kappa shape index (κ3) is 3.53. The predicted molar refractivity (Wildman–Crippen MR) is 122 cm³/mol. The van der Waals surface area contributed by atoms with Gasteiger partial charge in [0.25, 0.3) is 5.91 Å². The Morgan fingerprint density at radius 2 is 1.87 bits per heavy atom. The number of para-hydroxylation sites is 1. The minimum Gasteiger partial charge on any atom is -0.497 e. The molecule has 0 atom stereocenters. The molecule has 5 aromatic rings. The van der Waals surface area contributed by atoms with Gasteiger partial charge in [0.1, 0.15) is 11.4 Å². The van der Waals surface area contributed by atoms with Gasteiger partial charge in [0.15, 0.2) is 0 Å². The van der Waals surface area contributed by atoms with Gasteiger partial charge in [0, 0.05) is 36.3 Å². The Labute approximate surface area is 179 Å². The number of fused-ring (bicyclic) bond motifs is 2. The van der Waals surface area contributed by atoms with Gasteiger partial charge in [-0.3, -0.25) is 9.89 Å². The summed E-state index contributed by atoms with van der Waals surface area (Å²) in [5.41, 5.74) is 4.33. The smallest absolute Gasteiger partial charge is 0.269 e. The van der Waals surface area contributed by atoms with Gasteiger partial charge in [0.05, 0.1) is 12.8 Å². The molecule has 0 radical (unpaired) electrons. The van der Waals surface area contributed by atoms with Crippen molar-refractivity contribution in [2.24, 2.45) is 7.05 Å². The minimum absolute atomic E-state index is 0.183. The van der Waals surface area contributed by atoms with Crippen molar-refractivity contribution in [3.05, 3.63) is 84.2 Å². The van der Waals surface area contributed by atoms with Crippen molar-refractivity contribution in [1.29, 1.82) is 0 Å². The SMILES string of the molecule is COc1ccc2cc(-c3cc(C(=O)NCc4cn(C)c5ccccc45)[nH]n3)ccc2c1. The van der Waals surface area contributed by atoms with Crippen LogP contribution in [0.3, 0.4) is 0 Å². The second-order valence-electron chi connectivity index (χ2n) is 7.56. The number of rotatable bonds is 5. The van der Waals surface area contributed by atoms with Crippen LogP contribution in [0.25, 0.3) is 32.9 Å². The van der Waals surface area contributed by atoms with E-state index >= 15 is 0 Å². The maximum atomic E-state index is 12.7. The molecule has 0 fully saturated rings. The van der Waals surface area contributed by atoms with E-state index in [0.29, 0.717) is 12.2 Å². The molecule has 5 rings (SSSR count). The van der Waals surface area contributed by atoms with Crippen molar-refractivity contribution >= 4 is 27.6 Å².